The lowest BCUT2D eigenvalue weighted by Gasteiger charge is -2.19. The van der Waals surface area contributed by atoms with Gasteiger partial charge in [-0.2, -0.15) is 0 Å². The van der Waals surface area contributed by atoms with Crippen LogP contribution in [0.15, 0.2) is 24.3 Å². The van der Waals surface area contributed by atoms with Gasteiger partial charge in [-0.15, -0.1) is 11.3 Å². The Hall–Kier alpha value is -0.610. The molecule has 4 heteroatoms. The number of hydrogen-bond acceptors (Lipinski definition) is 3. The minimum absolute atomic E-state index is 0.221. The Balaban J connectivity index is 1.86. The quantitative estimate of drug-likeness (QED) is 0.907. The van der Waals surface area contributed by atoms with Crippen LogP contribution in [0, 0.1) is 0 Å². The van der Waals surface area contributed by atoms with Gasteiger partial charge >= 0.3 is 0 Å². The lowest BCUT2D eigenvalue weighted by Crippen LogP contribution is -2.28. The third kappa shape index (κ3) is 2.41. The van der Waals surface area contributed by atoms with Crippen molar-refractivity contribution in [2.45, 2.75) is 25.4 Å². The third-order valence-corrected chi connectivity index (χ3v) is 5.10. The van der Waals surface area contributed by atoms with E-state index in [0.29, 0.717) is 6.04 Å². The van der Waals surface area contributed by atoms with Crippen molar-refractivity contribution in [3.8, 4) is 0 Å². The highest BCUT2D eigenvalue weighted by atomic mass is 35.5. The molecule has 1 aliphatic rings. The monoisotopic (exact) mass is 281 g/mol. The van der Waals surface area contributed by atoms with Crippen LogP contribution in [0.2, 0.25) is 5.02 Å². The Morgan fingerprint density at radius 2 is 2.11 bits per heavy atom. The number of thiophene rings is 1. The molecule has 0 saturated heterocycles. The molecule has 1 N–H and O–H groups in total. The molecule has 3 rings (SSSR count). The highest BCUT2D eigenvalue weighted by Crippen LogP contribution is 2.37. The molecule has 0 bridgehead atoms. The van der Waals surface area contributed by atoms with Crippen molar-refractivity contribution in [1.29, 1.82) is 0 Å². The Kier molecular flexibility index (Phi) is 3.57. The Morgan fingerprint density at radius 3 is 2.78 bits per heavy atom. The number of nitrogens with zero attached hydrogens (tertiary/aromatic N) is 1. The normalized spacial score (nSPS) is 15.7. The fourth-order valence-corrected chi connectivity index (χ4v) is 3.83. The van der Waals surface area contributed by atoms with E-state index in [1.165, 1.54) is 22.4 Å². The van der Waals surface area contributed by atoms with E-state index in [1.807, 2.05) is 12.1 Å². The Bertz CT molecular complexity index is 550. The number of fused-ring (bicyclic) bond motifs is 1. The zero-order valence-electron chi connectivity index (χ0n) is 10.1. The zero-order chi connectivity index (χ0) is 12.5. The van der Waals surface area contributed by atoms with Crippen LogP contribution in [0.25, 0.3) is 10.1 Å². The summed E-state index contributed by atoms with van der Waals surface area (Å²) in [6.07, 6.45) is 2.50. The van der Waals surface area contributed by atoms with Crippen LogP contribution in [0.5, 0.6) is 0 Å². The van der Waals surface area contributed by atoms with E-state index in [9.17, 15) is 0 Å². The van der Waals surface area contributed by atoms with Gasteiger partial charge in [-0.3, -0.25) is 4.90 Å². The molecule has 2 aromatic rings. The third-order valence-electron chi connectivity index (χ3n) is 3.40. The van der Waals surface area contributed by atoms with Gasteiger partial charge in [-0.25, -0.2) is 0 Å². The summed E-state index contributed by atoms with van der Waals surface area (Å²) in [6, 6.07) is 8.91. The van der Waals surface area contributed by atoms with E-state index in [1.54, 1.807) is 11.3 Å². The van der Waals surface area contributed by atoms with Crippen molar-refractivity contribution >= 4 is 33.0 Å². The molecule has 96 valence electrons. The highest BCUT2D eigenvalue weighted by Gasteiger charge is 2.29. The standard InChI is InChI=1S/C14H16ClNOS/c15-14-11-3-1-2-4-12(11)18-13(14)9-16(7-8-17)10-5-6-10/h1-4,10,17H,5-9H2. The molecule has 1 saturated carbocycles. The smallest absolute Gasteiger partial charge is 0.0637 e. The fraction of sp³-hybridized carbons (Fsp3) is 0.429. The molecule has 18 heavy (non-hydrogen) atoms. The minimum atomic E-state index is 0.221. The molecule has 1 aliphatic carbocycles. The summed E-state index contributed by atoms with van der Waals surface area (Å²) in [5.41, 5.74) is 0. The molecule has 1 aromatic heterocycles. The van der Waals surface area contributed by atoms with Crippen molar-refractivity contribution in [3.63, 3.8) is 0 Å². The lowest BCUT2D eigenvalue weighted by molar-refractivity contribution is 0.184. The second-order valence-corrected chi connectivity index (χ2v) is 6.28. The highest BCUT2D eigenvalue weighted by molar-refractivity contribution is 7.19. The number of hydrogen-bond donors (Lipinski definition) is 1. The molecule has 0 amide bonds. The van der Waals surface area contributed by atoms with E-state index >= 15 is 0 Å². The van der Waals surface area contributed by atoms with Crippen molar-refractivity contribution in [1.82, 2.24) is 4.90 Å². The average molecular weight is 282 g/mol. The second kappa shape index (κ2) is 5.17. The first-order valence-corrected chi connectivity index (χ1v) is 7.50. The number of rotatable bonds is 5. The molecule has 1 heterocycles. The van der Waals surface area contributed by atoms with Gasteiger partial charge in [0, 0.05) is 34.1 Å². The van der Waals surface area contributed by atoms with Gasteiger partial charge in [0.25, 0.3) is 0 Å². The predicted molar refractivity (Wildman–Crippen MR) is 77.4 cm³/mol. The van der Waals surface area contributed by atoms with E-state index < -0.39 is 0 Å². The average Bonchev–Trinajstić information content (AvgIpc) is 3.17. The van der Waals surface area contributed by atoms with Crippen LogP contribution in [0.1, 0.15) is 17.7 Å². The molecular formula is C14H16ClNOS. The summed E-state index contributed by atoms with van der Waals surface area (Å²) < 4.78 is 1.25. The largest absolute Gasteiger partial charge is 0.395 e. The van der Waals surface area contributed by atoms with Crippen LogP contribution >= 0.6 is 22.9 Å². The molecule has 1 fully saturated rings. The van der Waals surface area contributed by atoms with Crippen molar-refractivity contribution < 1.29 is 5.11 Å². The molecule has 0 unspecified atom stereocenters. The molecule has 1 aromatic carbocycles. The van der Waals surface area contributed by atoms with Gasteiger partial charge in [0.05, 0.1) is 11.6 Å². The number of benzene rings is 1. The zero-order valence-corrected chi connectivity index (χ0v) is 11.7. The van der Waals surface area contributed by atoms with E-state index in [4.69, 9.17) is 16.7 Å². The van der Waals surface area contributed by atoms with Crippen LogP contribution in [0.3, 0.4) is 0 Å². The number of aliphatic hydroxyl groups is 1. The van der Waals surface area contributed by atoms with E-state index in [0.717, 1.165) is 23.5 Å². The summed E-state index contributed by atoms with van der Waals surface area (Å²) in [4.78, 5) is 3.56. The minimum Gasteiger partial charge on any atom is -0.395 e. The maximum Gasteiger partial charge on any atom is 0.0637 e. The maximum atomic E-state index is 9.13. The van der Waals surface area contributed by atoms with E-state index in [2.05, 4.69) is 17.0 Å². The summed E-state index contributed by atoms with van der Waals surface area (Å²) in [5, 5.41) is 11.2. The topological polar surface area (TPSA) is 23.5 Å². The van der Waals surface area contributed by atoms with Crippen molar-refractivity contribution in [2.24, 2.45) is 0 Å². The van der Waals surface area contributed by atoms with E-state index in [-0.39, 0.29) is 6.61 Å². The van der Waals surface area contributed by atoms with Crippen LogP contribution in [-0.2, 0) is 6.54 Å². The summed E-state index contributed by atoms with van der Waals surface area (Å²) in [6.45, 7) is 1.83. The number of halogens is 1. The van der Waals surface area contributed by atoms with Gasteiger partial charge in [-0.1, -0.05) is 29.8 Å². The molecule has 0 atom stereocenters. The van der Waals surface area contributed by atoms with Gasteiger partial charge < -0.3 is 5.11 Å². The van der Waals surface area contributed by atoms with Gasteiger partial charge in [0.15, 0.2) is 0 Å². The number of aliphatic hydroxyl groups excluding tert-OH is 1. The molecule has 0 radical (unpaired) electrons. The molecular weight excluding hydrogens is 266 g/mol. The first-order chi connectivity index (χ1) is 8.79. The predicted octanol–water partition coefficient (Wildman–Crippen LogP) is 3.51. The van der Waals surface area contributed by atoms with Crippen LogP contribution < -0.4 is 0 Å². The Labute approximate surface area is 116 Å². The first-order valence-electron chi connectivity index (χ1n) is 6.30. The Morgan fingerprint density at radius 1 is 1.33 bits per heavy atom. The summed E-state index contributed by atoms with van der Waals surface area (Å²) >= 11 is 8.22. The SMILES string of the molecule is OCCN(Cc1sc2ccccc2c1Cl)C1CC1. The molecule has 2 nitrogen and oxygen atoms in total. The van der Waals surface area contributed by atoms with Crippen LogP contribution in [0.4, 0.5) is 0 Å². The van der Waals surface area contributed by atoms with Crippen molar-refractivity contribution in [2.75, 3.05) is 13.2 Å². The molecule has 0 aliphatic heterocycles. The second-order valence-electron chi connectivity index (χ2n) is 4.76. The van der Waals surface area contributed by atoms with Gasteiger partial charge in [0.1, 0.15) is 0 Å². The summed E-state index contributed by atoms with van der Waals surface area (Å²) in [5.74, 6) is 0. The summed E-state index contributed by atoms with van der Waals surface area (Å²) in [7, 11) is 0. The van der Waals surface area contributed by atoms with Gasteiger partial charge in [0.2, 0.25) is 0 Å². The first kappa shape index (κ1) is 12.4. The van der Waals surface area contributed by atoms with Crippen molar-refractivity contribution in [3.05, 3.63) is 34.2 Å². The maximum absolute atomic E-state index is 9.13. The van der Waals surface area contributed by atoms with Gasteiger partial charge in [-0.05, 0) is 18.9 Å². The lowest BCUT2D eigenvalue weighted by atomic mass is 10.2. The van der Waals surface area contributed by atoms with Crippen LogP contribution in [-0.4, -0.2) is 29.2 Å². The molecule has 0 spiro atoms. The fourth-order valence-electron chi connectivity index (χ4n) is 2.31.